The molecule has 10 atom stereocenters. The Hall–Kier alpha value is -0.490. The average molecular weight is 545 g/mol. The van der Waals surface area contributed by atoms with E-state index in [0.29, 0.717) is 29.8 Å². The molecule has 39 heavy (non-hydrogen) atoms. The number of fused-ring (bicyclic) bond motifs is 4. The normalized spacial score (nSPS) is 49.3. The van der Waals surface area contributed by atoms with Crippen LogP contribution >= 0.6 is 0 Å². The third-order valence-corrected chi connectivity index (χ3v) is 14.8. The van der Waals surface area contributed by atoms with E-state index in [-0.39, 0.29) is 41.0 Å². The van der Waals surface area contributed by atoms with Gasteiger partial charge in [0.1, 0.15) is 11.9 Å². The highest BCUT2D eigenvalue weighted by Gasteiger charge is 2.84. The van der Waals surface area contributed by atoms with Crippen molar-refractivity contribution < 1.29 is 14.3 Å². The fraction of sp³-hybridized carbons (Fsp3) is 0.971. The van der Waals surface area contributed by atoms with Crippen molar-refractivity contribution in [3.63, 3.8) is 0 Å². The zero-order valence-electron chi connectivity index (χ0n) is 26.4. The van der Waals surface area contributed by atoms with Crippen LogP contribution in [0.25, 0.3) is 0 Å². The predicted molar refractivity (Wildman–Crippen MR) is 157 cm³/mol. The summed E-state index contributed by atoms with van der Waals surface area (Å²) in [5, 5.41) is 12.5. The number of hydroxylamine groups is 2. The molecule has 224 valence electrons. The maximum absolute atomic E-state index is 11.7. The minimum absolute atomic E-state index is 0.0730. The lowest BCUT2D eigenvalue weighted by molar-refractivity contribution is -0.257. The van der Waals surface area contributed by atoms with Crippen LogP contribution in [0.5, 0.6) is 0 Å². The van der Waals surface area contributed by atoms with E-state index in [0.717, 1.165) is 42.1 Å². The second-order valence-electron chi connectivity index (χ2n) is 16.2. The van der Waals surface area contributed by atoms with Crippen LogP contribution in [0.2, 0.25) is 0 Å². The lowest BCUT2D eigenvalue weighted by Crippen LogP contribution is -2.71. The third-order valence-electron chi connectivity index (χ3n) is 14.8. The molecule has 1 saturated heterocycles. The standard InChI is InChI=1S/C34H58NO4/c1-24(2)10-9-11-25(3)27-13-15-30(5)29(27,4)16-17-31(6)32(7)14-12-26(38-21-19-35(37)18-20-36)22-34(32)28(39-34)23-33(30,31)8/h20,24-28H,9-19,21-23H2,1-8H3/q-1/t25-,26+,27-,28?,29-,30-,31-,32-,33+,34?/m1/s1. The van der Waals surface area contributed by atoms with Crippen LogP contribution < -0.4 is 0 Å². The summed E-state index contributed by atoms with van der Waals surface area (Å²) in [5.41, 5.74) is 1.29. The molecule has 0 radical (unpaired) electrons. The Balaban J connectivity index is 1.34. The van der Waals surface area contributed by atoms with Gasteiger partial charge < -0.3 is 24.5 Å². The summed E-state index contributed by atoms with van der Waals surface area (Å²) >= 11 is 0. The number of carbonyl (C=O) groups is 1. The highest BCUT2D eigenvalue weighted by molar-refractivity contribution is 5.52. The van der Waals surface area contributed by atoms with Gasteiger partial charge in [-0.25, -0.2) is 0 Å². The number of nitrogens with zero attached hydrogens (tertiary/aromatic N) is 1. The third kappa shape index (κ3) is 4.09. The second-order valence-corrected chi connectivity index (χ2v) is 16.2. The van der Waals surface area contributed by atoms with Gasteiger partial charge in [-0.3, -0.25) is 0 Å². The highest BCUT2D eigenvalue weighted by atomic mass is 16.6. The number of hydrogen-bond acceptors (Lipinski definition) is 5. The second kappa shape index (κ2) is 10.1. The van der Waals surface area contributed by atoms with Gasteiger partial charge >= 0.3 is 0 Å². The quantitative estimate of drug-likeness (QED) is 0.151. The van der Waals surface area contributed by atoms with Crippen molar-refractivity contribution in [2.45, 2.75) is 144 Å². The fourth-order valence-corrected chi connectivity index (χ4v) is 11.7. The first-order chi connectivity index (χ1) is 18.2. The number of carbonyl (C=O) groups excluding carboxylic acids is 1. The molecule has 5 rings (SSSR count). The summed E-state index contributed by atoms with van der Waals surface area (Å²) in [7, 11) is 0. The monoisotopic (exact) mass is 544 g/mol. The topological polar surface area (TPSA) is 65.1 Å². The molecular weight excluding hydrogens is 486 g/mol. The molecule has 0 N–H and O–H groups in total. The maximum atomic E-state index is 11.7. The predicted octanol–water partition coefficient (Wildman–Crippen LogP) is 7.79. The van der Waals surface area contributed by atoms with Crippen molar-refractivity contribution in [3.05, 3.63) is 5.21 Å². The van der Waals surface area contributed by atoms with Crippen LogP contribution in [0.15, 0.2) is 0 Å². The summed E-state index contributed by atoms with van der Waals surface area (Å²) in [4.78, 5) is 10.6. The molecule has 5 heteroatoms. The van der Waals surface area contributed by atoms with Crippen molar-refractivity contribution in [2.24, 2.45) is 44.8 Å². The van der Waals surface area contributed by atoms with E-state index < -0.39 is 0 Å². The molecule has 0 bridgehead atoms. The minimum atomic E-state index is -0.0760. The lowest BCUT2D eigenvalue weighted by atomic mass is 9.29. The van der Waals surface area contributed by atoms with Crippen molar-refractivity contribution in [2.75, 3.05) is 19.7 Å². The van der Waals surface area contributed by atoms with Gasteiger partial charge in [0.25, 0.3) is 0 Å². The number of epoxide rings is 1. The molecule has 1 aliphatic heterocycles. The molecule has 1 heterocycles. The Morgan fingerprint density at radius 2 is 1.64 bits per heavy atom. The number of ether oxygens (including phenoxy) is 2. The zero-order valence-corrected chi connectivity index (χ0v) is 26.4. The van der Waals surface area contributed by atoms with E-state index in [1.807, 2.05) is 0 Å². The van der Waals surface area contributed by atoms with E-state index in [2.05, 4.69) is 55.4 Å². The van der Waals surface area contributed by atoms with Gasteiger partial charge in [0.15, 0.2) is 0 Å². The zero-order chi connectivity index (χ0) is 28.5. The smallest absolute Gasteiger partial charge is 0.133 e. The fourth-order valence-electron chi connectivity index (χ4n) is 11.7. The SMILES string of the molecule is CC(C)CCC[C@@H](C)[C@H]1CC[C@@]2(C)[C@]3(C)CC4OC45C[C@@H](OCCN([O-])CC=O)CC[C@]5(C)[C@@]3(C)CC[C@]12C. The first-order valence-corrected chi connectivity index (χ1v) is 16.4. The molecule has 0 aromatic carbocycles. The molecule has 5 nitrogen and oxygen atoms in total. The Labute approximate surface area is 239 Å². The Bertz CT molecular complexity index is 925. The number of rotatable bonds is 11. The molecule has 0 aromatic rings. The summed E-state index contributed by atoms with van der Waals surface area (Å²) < 4.78 is 13.1. The van der Waals surface area contributed by atoms with Crippen molar-refractivity contribution in [1.29, 1.82) is 0 Å². The van der Waals surface area contributed by atoms with E-state index in [1.165, 1.54) is 51.4 Å². The van der Waals surface area contributed by atoms with Crippen molar-refractivity contribution in [1.82, 2.24) is 5.06 Å². The first kappa shape index (κ1) is 30.0. The molecule has 5 aliphatic rings. The average Bonchev–Trinajstić information content (AvgIpc) is 3.47. The van der Waals surface area contributed by atoms with Crippen LogP contribution in [0.3, 0.4) is 0 Å². The summed E-state index contributed by atoms with van der Waals surface area (Å²) in [6, 6.07) is 0. The van der Waals surface area contributed by atoms with Crippen molar-refractivity contribution >= 4 is 6.29 Å². The van der Waals surface area contributed by atoms with Crippen LogP contribution in [0.1, 0.15) is 126 Å². The van der Waals surface area contributed by atoms with Gasteiger partial charge in [-0.05, 0) is 84.4 Å². The van der Waals surface area contributed by atoms with Gasteiger partial charge in [0, 0.05) is 24.9 Å². The molecule has 4 aliphatic carbocycles. The van der Waals surface area contributed by atoms with E-state index in [1.54, 1.807) is 0 Å². The minimum Gasteiger partial charge on any atom is -0.785 e. The molecule has 4 saturated carbocycles. The molecule has 0 amide bonds. The van der Waals surface area contributed by atoms with Crippen LogP contribution in [0, 0.1) is 50.0 Å². The largest absolute Gasteiger partial charge is 0.785 e. The Morgan fingerprint density at radius 1 is 0.923 bits per heavy atom. The molecule has 1 spiro atoms. The summed E-state index contributed by atoms with van der Waals surface area (Å²) in [5.74, 6) is 2.45. The molecular formula is C34H58NO4-. The molecule has 5 fully saturated rings. The summed E-state index contributed by atoms with van der Waals surface area (Å²) in [6.07, 6.45) is 15.0. The van der Waals surface area contributed by atoms with Crippen LogP contribution in [-0.4, -0.2) is 48.9 Å². The van der Waals surface area contributed by atoms with Crippen LogP contribution in [0.4, 0.5) is 0 Å². The summed E-state index contributed by atoms with van der Waals surface area (Å²) in [6.45, 7) is 21.2. The van der Waals surface area contributed by atoms with E-state index in [9.17, 15) is 10.0 Å². The highest BCUT2D eigenvalue weighted by Crippen LogP contribution is 2.85. The van der Waals surface area contributed by atoms with E-state index in [4.69, 9.17) is 9.47 Å². The first-order valence-electron chi connectivity index (χ1n) is 16.4. The van der Waals surface area contributed by atoms with Gasteiger partial charge in [0.05, 0.1) is 18.8 Å². The van der Waals surface area contributed by atoms with Crippen molar-refractivity contribution in [3.8, 4) is 0 Å². The van der Waals surface area contributed by atoms with E-state index >= 15 is 0 Å². The van der Waals surface area contributed by atoms with Gasteiger partial charge in [-0.2, -0.15) is 0 Å². The Morgan fingerprint density at radius 3 is 2.33 bits per heavy atom. The number of aldehydes is 1. The molecule has 2 unspecified atom stereocenters. The van der Waals surface area contributed by atoms with Crippen LogP contribution in [-0.2, 0) is 14.3 Å². The number of hydrogen-bond donors (Lipinski definition) is 0. The Kier molecular flexibility index (Phi) is 7.73. The maximum Gasteiger partial charge on any atom is 0.133 e. The van der Waals surface area contributed by atoms with Gasteiger partial charge in [0.2, 0.25) is 0 Å². The van der Waals surface area contributed by atoms with Gasteiger partial charge in [-0.15, -0.1) is 0 Å². The lowest BCUT2D eigenvalue weighted by Gasteiger charge is -2.74. The molecule has 0 aromatic heterocycles. The van der Waals surface area contributed by atoms with Gasteiger partial charge in [-0.1, -0.05) is 74.7 Å².